The van der Waals surface area contributed by atoms with Gasteiger partial charge in [0.25, 0.3) is 0 Å². The molecule has 7 nitrogen and oxygen atoms in total. The summed E-state index contributed by atoms with van der Waals surface area (Å²) in [7, 11) is 1.63. The number of fused-ring (bicyclic) bond motifs is 3. The smallest absolute Gasteiger partial charge is 0.317 e. The molecule has 0 saturated carbocycles. The summed E-state index contributed by atoms with van der Waals surface area (Å²) in [5, 5.41) is 9.08. The number of carbonyl (C=O) groups is 1. The van der Waals surface area contributed by atoms with Crippen molar-refractivity contribution < 1.29 is 19.4 Å². The number of carboxylic acids is 1. The second-order valence-corrected chi connectivity index (χ2v) is 6.25. The highest BCUT2D eigenvalue weighted by molar-refractivity contribution is 5.69. The first kappa shape index (κ1) is 16.2. The third-order valence-corrected chi connectivity index (χ3v) is 4.43. The van der Waals surface area contributed by atoms with E-state index >= 15 is 0 Å². The quantitative estimate of drug-likeness (QED) is 0.836. The Morgan fingerprint density at radius 1 is 1.43 bits per heavy atom. The zero-order valence-corrected chi connectivity index (χ0v) is 13.4. The first-order valence-corrected chi connectivity index (χ1v) is 7.89. The normalized spacial score (nSPS) is 25.8. The fourth-order valence-corrected chi connectivity index (χ4v) is 3.49. The summed E-state index contributed by atoms with van der Waals surface area (Å²) in [6, 6.07) is 4.12. The Morgan fingerprint density at radius 3 is 3.09 bits per heavy atom. The minimum absolute atomic E-state index is 0.0943. The molecular weight excluding hydrogens is 298 g/mol. The molecule has 2 aliphatic heterocycles. The number of pyridine rings is 1. The van der Waals surface area contributed by atoms with E-state index in [1.807, 2.05) is 17.0 Å². The van der Waals surface area contributed by atoms with Crippen LogP contribution in [0.1, 0.15) is 5.56 Å². The zero-order valence-electron chi connectivity index (χ0n) is 13.4. The monoisotopic (exact) mass is 321 g/mol. The number of rotatable bonds is 5. The number of hydrogen-bond donors (Lipinski definition) is 1. The van der Waals surface area contributed by atoms with E-state index in [9.17, 15) is 4.79 Å². The molecule has 0 spiro atoms. The van der Waals surface area contributed by atoms with Crippen LogP contribution in [0, 0.1) is 5.92 Å². The van der Waals surface area contributed by atoms with Crippen LogP contribution in [0.25, 0.3) is 0 Å². The predicted octanol–water partition coefficient (Wildman–Crippen LogP) is 0.307. The molecule has 2 atom stereocenters. The van der Waals surface area contributed by atoms with Crippen LogP contribution >= 0.6 is 0 Å². The van der Waals surface area contributed by atoms with Crippen LogP contribution < -0.4 is 4.74 Å². The summed E-state index contributed by atoms with van der Waals surface area (Å²) in [5.74, 6) is 0.200. The Kier molecular flexibility index (Phi) is 5.09. The SMILES string of the molecule is COc1ncccc1CN1C[C@H]2COC[C@@H]1CN(CC(=O)O)C2. The van der Waals surface area contributed by atoms with Crippen LogP contribution in [-0.4, -0.2) is 78.4 Å². The predicted molar refractivity (Wildman–Crippen MR) is 83.4 cm³/mol. The second-order valence-electron chi connectivity index (χ2n) is 6.25. The Labute approximate surface area is 135 Å². The van der Waals surface area contributed by atoms with Crippen molar-refractivity contribution in [3.05, 3.63) is 23.9 Å². The van der Waals surface area contributed by atoms with Crippen LogP contribution in [0.4, 0.5) is 0 Å². The number of aromatic nitrogens is 1. The molecule has 1 N–H and O–H groups in total. The lowest BCUT2D eigenvalue weighted by Gasteiger charge is -2.30. The van der Waals surface area contributed by atoms with E-state index in [0.717, 1.165) is 25.2 Å². The van der Waals surface area contributed by atoms with Gasteiger partial charge in [-0.2, -0.15) is 0 Å². The average molecular weight is 321 g/mol. The van der Waals surface area contributed by atoms with Gasteiger partial charge < -0.3 is 14.6 Å². The van der Waals surface area contributed by atoms with E-state index in [-0.39, 0.29) is 12.6 Å². The third-order valence-electron chi connectivity index (χ3n) is 4.43. The van der Waals surface area contributed by atoms with Gasteiger partial charge in [-0.25, -0.2) is 4.98 Å². The molecule has 1 aromatic rings. The maximum Gasteiger partial charge on any atom is 0.317 e. The van der Waals surface area contributed by atoms with Gasteiger partial charge in [0.2, 0.25) is 5.88 Å². The third kappa shape index (κ3) is 3.99. The van der Waals surface area contributed by atoms with Crippen LogP contribution in [0.15, 0.2) is 18.3 Å². The molecule has 0 amide bonds. The molecular formula is C16H23N3O4. The van der Waals surface area contributed by atoms with Gasteiger partial charge in [0.1, 0.15) is 0 Å². The van der Waals surface area contributed by atoms with Gasteiger partial charge in [0.15, 0.2) is 0 Å². The second kappa shape index (κ2) is 7.25. The molecule has 0 aromatic carbocycles. The topological polar surface area (TPSA) is 75.1 Å². The molecule has 2 aliphatic rings. The summed E-state index contributed by atoms with van der Waals surface area (Å²) < 4.78 is 11.1. The number of ether oxygens (including phenoxy) is 2. The number of nitrogens with zero attached hydrogens (tertiary/aromatic N) is 3. The fraction of sp³-hybridized carbons (Fsp3) is 0.625. The van der Waals surface area contributed by atoms with Gasteiger partial charge in [-0.15, -0.1) is 0 Å². The van der Waals surface area contributed by atoms with Crippen molar-refractivity contribution in [3.63, 3.8) is 0 Å². The van der Waals surface area contributed by atoms with Crippen molar-refractivity contribution in [3.8, 4) is 5.88 Å². The van der Waals surface area contributed by atoms with Crippen molar-refractivity contribution in [1.82, 2.24) is 14.8 Å². The first-order chi connectivity index (χ1) is 11.2. The number of hydrogen-bond acceptors (Lipinski definition) is 6. The van der Waals surface area contributed by atoms with Crippen LogP contribution in [-0.2, 0) is 16.1 Å². The summed E-state index contributed by atoms with van der Waals surface area (Å²) in [6.45, 7) is 4.54. The van der Waals surface area contributed by atoms with E-state index in [0.29, 0.717) is 31.6 Å². The summed E-state index contributed by atoms with van der Waals surface area (Å²) in [4.78, 5) is 19.7. The lowest BCUT2D eigenvalue weighted by atomic mass is 10.1. The zero-order chi connectivity index (χ0) is 16.2. The van der Waals surface area contributed by atoms with Crippen LogP contribution in [0.3, 0.4) is 0 Å². The lowest BCUT2D eigenvalue weighted by molar-refractivity contribution is -0.138. The van der Waals surface area contributed by atoms with E-state index in [1.54, 1.807) is 13.3 Å². The van der Waals surface area contributed by atoms with Gasteiger partial charge in [-0.1, -0.05) is 6.07 Å². The van der Waals surface area contributed by atoms with E-state index in [2.05, 4.69) is 9.88 Å². The van der Waals surface area contributed by atoms with E-state index in [1.165, 1.54) is 0 Å². The molecule has 2 saturated heterocycles. The fourth-order valence-electron chi connectivity index (χ4n) is 3.49. The minimum Gasteiger partial charge on any atom is -0.481 e. The maximum atomic E-state index is 11.0. The highest BCUT2D eigenvalue weighted by Crippen LogP contribution is 2.24. The number of carboxylic acid groups (broad SMARTS) is 1. The van der Waals surface area contributed by atoms with Crippen molar-refractivity contribution >= 4 is 5.97 Å². The summed E-state index contributed by atoms with van der Waals surface area (Å²) in [5.41, 5.74) is 1.05. The van der Waals surface area contributed by atoms with Gasteiger partial charge in [0, 0.05) is 49.9 Å². The molecule has 3 rings (SSSR count). The Balaban J connectivity index is 1.76. The van der Waals surface area contributed by atoms with E-state index < -0.39 is 5.97 Å². The van der Waals surface area contributed by atoms with Crippen molar-refractivity contribution in [1.29, 1.82) is 0 Å². The highest BCUT2D eigenvalue weighted by atomic mass is 16.5. The first-order valence-electron chi connectivity index (χ1n) is 7.89. The van der Waals surface area contributed by atoms with Crippen molar-refractivity contribution in [2.24, 2.45) is 5.92 Å². The molecule has 1 aromatic heterocycles. The Morgan fingerprint density at radius 2 is 2.30 bits per heavy atom. The molecule has 3 heterocycles. The average Bonchev–Trinajstić information content (AvgIpc) is 2.77. The molecule has 7 heteroatoms. The molecule has 23 heavy (non-hydrogen) atoms. The van der Waals surface area contributed by atoms with Gasteiger partial charge in [-0.3, -0.25) is 14.6 Å². The summed E-state index contributed by atoms with van der Waals surface area (Å²) >= 11 is 0. The van der Waals surface area contributed by atoms with Crippen LogP contribution in [0.5, 0.6) is 5.88 Å². The maximum absolute atomic E-state index is 11.0. The standard InChI is InChI=1S/C16H23N3O4/c1-22-16-13(3-2-4-17-16)7-19-6-12-5-18(9-15(20)21)8-14(19)11-23-10-12/h2-4,12,14H,5-11H2,1H3,(H,20,21)/t12-,14-/m0/s1. The molecule has 126 valence electrons. The molecule has 0 unspecified atom stereocenters. The molecule has 2 fully saturated rings. The molecule has 2 bridgehead atoms. The largest absolute Gasteiger partial charge is 0.481 e. The van der Waals surface area contributed by atoms with Crippen molar-refractivity contribution in [2.75, 3.05) is 46.5 Å². The molecule has 0 radical (unpaired) electrons. The lowest BCUT2D eigenvalue weighted by Crippen LogP contribution is -2.44. The Bertz CT molecular complexity index is 554. The summed E-state index contributed by atoms with van der Waals surface area (Å²) in [6.07, 6.45) is 1.72. The van der Waals surface area contributed by atoms with Gasteiger partial charge in [-0.05, 0) is 6.07 Å². The number of aliphatic carboxylic acids is 1. The van der Waals surface area contributed by atoms with Crippen molar-refractivity contribution in [2.45, 2.75) is 12.6 Å². The van der Waals surface area contributed by atoms with Gasteiger partial charge >= 0.3 is 5.97 Å². The molecule has 0 aliphatic carbocycles. The van der Waals surface area contributed by atoms with Crippen LogP contribution in [0.2, 0.25) is 0 Å². The minimum atomic E-state index is -0.772. The Hall–Kier alpha value is -1.70. The highest BCUT2D eigenvalue weighted by Gasteiger charge is 2.34. The van der Waals surface area contributed by atoms with E-state index in [4.69, 9.17) is 14.6 Å². The van der Waals surface area contributed by atoms with Gasteiger partial charge in [0.05, 0.1) is 26.9 Å². The number of methoxy groups -OCH3 is 1.